The van der Waals surface area contributed by atoms with Crippen molar-refractivity contribution in [3.8, 4) is 0 Å². The van der Waals surface area contributed by atoms with Gasteiger partial charge in [0.2, 0.25) is 0 Å². The molecule has 1 aromatic heterocycles. The van der Waals surface area contributed by atoms with Gasteiger partial charge in [0.15, 0.2) is 5.82 Å². The monoisotopic (exact) mass is 279 g/mol. The lowest BCUT2D eigenvalue weighted by Crippen LogP contribution is -2.33. The van der Waals surface area contributed by atoms with Gasteiger partial charge in [-0.25, -0.2) is 4.98 Å². The van der Waals surface area contributed by atoms with E-state index in [9.17, 15) is 18.0 Å². The second-order valence-electron chi connectivity index (χ2n) is 3.79. The molecule has 0 amide bonds. The zero-order valence-electron chi connectivity index (χ0n) is 9.09. The maximum Gasteiger partial charge on any atom is 0.412 e. The number of anilines is 1. The van der Waals surface area contributed by atoms with Crippen LogP contribution in [0.3, 0.4) is 0 Å². The molecular weight excluding hydrogens is 271 g/mol. The molecule has 4 nitrogen and oxygen atoms in total. The molecule has 0 aromatic carbocycles. The van der Waals surface area contributed by atoms with Gasteiger partial charge in [-0.15, -0.1) is 0 Å². The number of nitrogens with zero attached hydrogens (tertiary/aromatic N) is 2. The minimum atomic E-state index is -4.29. The van der Waals surface area contributed by atoms with Gasteiger partial charge in [-0.2, -0.15) is 13.2 Å². The van der Waals surface area contributed by atoms with Crippen LogP contribution in [0.25, 0.3) is 0 Å². The number of halogens is 4. The Morgan fingerprint density at radius 1 is 1.44 bits per heavy atom. The third-order valence-corrected chi connectivity index (χ3v) is 2.99. The molecule has 1 N–H and O–H groups in total. The highest BCUT2D eigenvalue weighted by molar-refractivity contribution is 6.32. The molecule has 0 unspecified atom stereocenters. The molecule has 0 radical (unpaired) electrons. The van der Waals surface area contributed by atoms with Crippen LogP contribution in [0.1, 0.15) is 6.42 Å². The number of H-pyrrole nitrogens is 1. The Bertz CT molecular complexity index is 538. The largest absolute Gasteiger partial charge is 0.412 e. The Hall–Kier alpha value is -1.50. The average molecular weight is 280 g/mol. The SMILES string of the molecule is O=c1[nH]cnc(N2CC=C(C(F)(F)F)CC2)c1Cl. The molecule has 2 rings (SSSR count). The third kappa shape index (κ3) is 2.50. The van der Waals surface area contributed by atoms with Gasteiger partial charge in [0.05, 0.1) is 6.33 Å². The van der Waals surface area contributed by atoms with Crippen LogP contribution < -0.4 is 10.5 Å². The van der Waals surface area contributed by atoms with Crippen LogP contribution in [0.2, 0.25) is 5.02 Å². The molecule has 18 heavy (non-hydrogen) atoms. The minimum Gasteiger partial charge on any atom is -0.351 e. The summed E-state index contributed by atoms with van der Waals surface area (Å²) in [5.41, 5.74) is -1.06. The maximum absolute atomic E-state index is 12.4. The summed E-state index contributed by atoms with van der Waals surface area (Å²) in [5, 5.41) is -0.110. The third-order valence-electron chi connectivity index (χ3n) is 2.65. The molecule has 98 valence electrons. The van der Waals surface area contributed by atoms with E-state index in [2.05, 4.69) is 9.97 Å². The summed E-state index contributed by atoms with van der Waals surface area (Å²) in [6.07, 6.45) is -2.18. The normalized spacial score (nSPS) is 16.7. The van der Waals surface area contributed by atoms with E-state index in [0.29, 0.717) is 0 Å². The van der Waals surface area contributed by atoms with Gasteiger partial charge in [0.1, 0.15) is 5.02 Å². The van der Waals surface area contributed by atoms with Crippen LogP contribution in [0.4, 0.5) is 19.0 Å². The average Bonchev–Trinajstić information content (AvgIpc) is 2.32. The predicted octanol–water partition coefficient (Wildman–Crippen LogP) is 2.12. The first-order chi connectivity index (χ1) is 8.39. The lowest BCUT2D eigenvalue weighted by molar-refractivity contribution is -0.0944. The standard InChI is InChI=1S/C10H9ClF3N3O/c11-7-8(15-5-16-9(7)18)17-3-1-6(2-4-17)10(12,13)14/h1,5H,2-4H2,(H,15,16,18). The summed E-state index contributed by atoms with van der Waals surface area (Å²) in [4.78, 5) is 19.0. The van der Waals surface area contributed by atoms with Crippen LogP contribution in [0.5, 0.6) is 0 Å². The first-order valence-electron chi connectivity index (χ1n) is 5.14. The van der Waals surface area contributed by atoms with E-state index in [0.717, 1.165) is 6.08 Å². The van der Waals surface area contributed by atoms with E-state index in [1.807, 2.05) is 0 Å². The summed E-state index contributed by atoms with van der Waals surface area (Å²) in [6.45, 7) is 0.159. The molecule has 2 heterocycles. The van der Waals surface area contributed by atoms with Gasteiger partial charge < -0.3 is 9.88 Å². The highest BCUT2D eigenvalue weighted by atomic mass is 35.5. The molecule has 1 aliphatic heterocycles. The lowest BCUT2D eigenvalue weighted by atomic mass is 10.1. The van der Waals surface area contributed by atoms with Crippen molar-refractivity contribution in [2.24, 2.45) is 0 Å². The van der Waals surface area contributed by atoms with Crippen molar-refractivity contribution in [3.63, 3.8) is 0 Å². The van der Waals surface area contributed by atoms with Crippen molar-refractivity contribution >= 4 is 17.4 Å². The number of alkyl halides is 3. The fourth-order valence-corrected chi connectivity index (χ4v) is 1.94. The van der Waals surface area contributed by atoms with E-state index in [-0.39, 0.29) is 30.4 Å². The van der Waals surface area contributed by atoms with Crippen LogP contribution in [0, 0.1) is 0 Å². The topological polar surface area (TPSA) is 49.0 Å². The van der Waals surface area contributed by atoms with Crippen LogP contribution in [-0.4, -0.2) is 29.2 Å². The highest BCUT2D eigenvalue weighted by Gasteiger charge is 2.35. The van der Waals surface area contributed by atoms with Crippen molar-refractivity contribution in [1.29, 1.82) is 0 Å². The molecule has 1 aromatic rings. The first kappa shape index (κ1) is 12.9. The Labute approximate surface area is 105 Å². The second-order valence-corrected chi connectivity index (χ2v) is 4.17. The zero-order valence-corrected chi connectivity index (χ0v) is 9.85. The number of nitrogens with one attached hydrogen (secondary N) is 1. The zero-order chi connectivity index (χ0) is 13.3. The van der Waals surface area contributed by atoms with E-state index < -0.39 is 17.3 Å². The maximum atomic E-state index is 12.4. The molecule has 0 saturated carbocycles. The van der Waals surface area contributed by atoms with Crippen molar-refractivity contribution in [3.05, 3.63) is 33.4 Å². The quantitative estimate of drug-likeness (QED) is 0.801. The summed E-state index contributed by atoms with van der Waals surface area (Å²) in [6, 6.07) is 0. The summed E-state index contributed by atoms with van der Waals surface area (Å²) in [5.74, 6) is 0.206. The van der Waals surface area contributed by atoms with Crippen LogP contribution >= 0.6 is 11.6 Å². The molecule has 8 heteroatoms. The van der Waals surface area contributed by atoms with Gasteiger partial charge in [0.25, 0.3) is 5.56 Å². The number of aromatic amines is 1. The Balaban J connectivity index is 2.22. The van der Waals surface area contributed by atoms with Gasteiger partial charge in [-0.1, -0.05) is 17.7 Å². The summed E-state index contributed by atoms with van der Waals surface area (Å²) < 4.78 is 37.3. The fourth-order valence-electron chi connectivity index (χ4n) is 1.71. The van der Waals surface area contributed by atoms with Gasteiger partial charge in [-0.05, 0) is 6.42 Å². The number of aromatic nitrogens is 2. The van der Waals surface area contributed by atoms with Crippen molar-refractivity contribution < 1.29 is 13.2 Å². The molecule has 1 aliphatic rings. The van der Waals surface area contributed by atoms with Crippen LogP contribution in [-0.2, 0) is 0 Å². The Morgan fingerprint density at radius 2 is 2.17 bits per heavy atom. The Morgan fingerprint density at radius 3 is 2.72 bits per heavy atom. The minimum absolute atomic E-state index is 0.0328. The van der Waals surface area contributed by atoms with Gasteiger partial charge >= 0.3 is 6.18 Å². The van der Waals surface area contributed by atoms with Gasteiger partial charge in [-0.3, -0.25) is 4.79 Å². The van der Waals surface area contributed by atoms with Crippen molar-refractivity contribution in [1.82, 2.24) is 9.97 Å². The van der Waals surface area contributed by atoms with Crippen LogP contribution in [0.15, 0.2) is 22.8 Å². The van der Waals surface area contributed by atoms with Crippen molar-refractivity contribution in [2.45, 2.75) is 12.6 Å². The van der Waals surface area contributed by atoms with E-state index in [4.69, 9.17) is 11.6 Å². The fraction of sp³-hybridized carbons (Fsp3) is 0.400. The predicted molar refractivity (Wildman–Crippen MR) is 60.8 cm³/mol. The smallest absolute Gasteiger partial charge is 0.351 e. The molecule has 0 spiro atoms. The van der Waals surface area contributed by atoms with E-state index in [1.165, 1.54) is 11.2 Å². The summed E-state index contributed by atoms with van der Waals surface area (Å²) >= 11 is 5.76. The van der Waals surface area contributed by atoms with E-state index >= 15 is 0 Å². The molecular formula is C10H9ClF3N3O. The molecule has 0 fully saturated rings. The van der Waals surface area contributed by atoms with E-state index in [1.54, 1.807) is 0 Å². The second kappa shape index (κ2) is 4.64. The summed E-state index contributed by atoms with van der Waals surface area (Å²) in [7, 11) is 0. The first-order valence-corrected chi connectivity index (χ1v) is 5.52. The van der Waals surface area contributed by atoms with Gasteiger partial charge in [0, 0.05) is 18.7 Å². The van der Waals surface area contributed by atoms with Crippen molar-refractivity contribution in [2.75, 3.05) is 18.0 Å². The molecule has 0 aliphatic carbocycles. The number of hydrogen-bond acceptors (Lipinski definition) is 3. The molecule has 0 bridgehead atoms. The Kier molecular flexibility index (Phi) is 3.34. The number of hydrogen-bond donors (Lipinski definition) is 1. The molecule has 0 atom stereocenters. The highest BCUT2D eigenvalue weighted by Crippen LogP contribution is 2.31. The lowest BCUT2D eigenvalue weighted by Gasteiger charge is -2.28. The molecule has 0 saturated heterocycles. The number of rotatable bonds is 1.